The fraction of sp³-hybridized carbons (Fsp3) is 0.526. The van der Waals surface area contributed by atoms with Gasteiger partial charge in [0, 0.05) is 56.5 Å². The van der Waals surface area contributed by atoms with Crippen LogP contribution in [0.4, 0.5) is 0 Å². The van der Waals surface area contributed by atoms with E-state index in [1.54, 1.807) is 29.9 Å². The summed E-state index contributed by atoms with van der Waals surface area (Å²) in [6, 6.07) is 3.56. The van der Waals surface area contributed by atoms with Crippen LogP contribution in [-0.2, 0) is 23.1 Å². The van der Waals surface area contributed by atoms with Gasteiger partial charge in [0.1, 0.15) is 6.54 Å². The molecule has 3 rings (SSSR count). The maximum absolute atomic E-state index is 12.8. The van der Waals surface area contributed by atoms with E-state index in [2.05, 4.69) is 5.10 Å². The molecule has 0 unspecified atom stereocenters. The maximum Gasteiger partial charge on any atom is 0.253 e. The van der Waals surface area contributed by atoms with Crippen molar-refractivity contribution in [2.45, 2.75) is 26.3 Å². The van der Waals surface area contributed by atoms with Gasteiger partial charge in [0.05, 0.1) is 12.8 Å². The first-order valence-electron chi connectivity index (χ1n) is 8.99. The van der Waals surface area contributed by atoms with Crippen LogP contribution >= 0.6 is 0 Å². The van der Waals surface area contributed by atoms with Crippen LogP contribution in [0, 0.1) is 12.8 Å². The zero-order chi connectivity index (χ0) is 18.7. The normalized spacial score (nSPS) is 19.9. The fourth-order valence-electron chi connectivity index (χ4n) is 3.55. The van der Waals surface area contributed by atoms with Gasteiger partial charge in [-0.05, 0) is 25.5 Å². The van der Waals surface area contributed by atoms with E-state index in [0.29, 0.717) is 31.9 Å². The van der Waals surface area contributed by atoms with E-state index in [4.69, 9.17) is 4.74 Å². The lowest BCUT2D eigenvalue weighted by molar-refractivity contribution is -0.131. The van der Waals surface area contributed by atoms with Gasteiger partial charge in [-0.1, -0.05) is 6.07 Å². The zero-order valence-electron chi connectivity index (χ0n) is 15.6. The molecule has 7 heteroatoms. The highest BCUT2D eigenvalue weighted by molar-refractivity contribution is 5.76. The Labute approximate surface area is 153 Å². The molecule has 1 fully saturated rings. The van der Waals surface area contributed by atoms with Crippen molar-refractivity contribution in [2.24, 2.45) is 13.0 Å². The Morgan fingerprint density at radius 1 is 1.38 bits per heavy atom. The van der Waals surface area contributed by atoms with Crippen LogP contribution in [-0.4, -0.2) is 51.5 Å². The predicted molar refractivity (Wildman–Crippen MR) is 98.0 cm³/mol. The van der Waals surface area contributed by atoms with Gasteiger partial charge in [-0.2, -0.15) is 5.10 Å². The number of amides is 1. The molecule has 0 bridgehead atoms. The summed E-state index contributed by atoms with van der Waals surface area (Å²) in [6.07, 6.45) is 5.53. The summed E-state index contributed by atoms with van der Waals surface area (Å²) in [5.41, 5.74) is 1.65. The Morgan fingerprint density at radius 2 is 2.19 bits per heavy atom. The average molecular weight is 358 g/mol. The molecular weight excluding hydrogens is 332 g/mol. The first-order chi connectivity index (χ1) is 12.5. The number of rotatable bonds is 6. The minimum atomic E-state index is -0.116. The summed E-state index contributed by atoms with van der Waals surface area (Å²) in [5, 5.41) is 4.26. The number of nitrogens with zero attached hydrogens (tertiary/aromatic N) is 4. The first-order valence-corrected chi connectivity index (χ1v) is 8.99. The highest BCUT2D eigenvalue weighted by Gasteiger charge is 2.36. The van der Waals surface area contributed by atoms with Gasteiger partial charge in [-0.15, -0.1) is 0 Å². The number of carbonyl (C=O) groups is 1. The Morgan fingerprint density at radius 3 is 2.88 bits per heavy atom. The number of likely N-dealkylation sites (tertiary alicyclic amines) is 1. The number of ether oxygens (including phenoxy) is 1. The topological polar surface area (TPSA) is 69.4 Å². The van der Waals surface area contributed by atoms with E-state index in [-0.39, 0.29) is 29.8 Å². The van der Waals surface area contributed by atoms with Gasteiger partial charge in [0.2, 0.25) is 5.91 Å². The molecule has 2 atom stereocenters. The minimum Gasteiger partial charge on any atom is -0.381 e. The molecule has 0 N–H and O–H groups in total. The molecular formula is C19H26N4O3. The van der Waals surface area contributed by atoms with Crippen LogP contribution in [0.3, 0.4) is 0 Å². The third-order valence-electron chi connectivity index (χ3n) is 5.00. The van der Waals surface area contributed by atoms with Crippen molar-refractivity contribution in [2.75, 3.05) is 26.3 Å². The Balaban J connectivity index is 1.74. The van der Waals surface area contributed by atoms with E-state index in [1.807, 2.05) is 31.3 Å². The summed E-state index contributed by atoms with van der Waals surface area (Å²) in [4.78, 5) is 26.8. The van der Waals surface area contributed by atoms with Crippen molar-refractivity contribution in [3.8, 4) is 0 Å². The SMILES string of the molecule is CCOC[C@@H]1CN(C(=O)Cn2cccc(C)c2=O)C[C@H]1c1cnn(C)c1. The van der Waals surface area contributed by atoms with Crippen LogP contribution < -0.4 is 5.56 Å². The molecule has 140 valence electrons. The van der Waals surface area contributed by atoms with Crippen molar-refractivity contribution in [1.29, 1.82) is 0 Å². The number of hydrogen-bond donors (Lipinski definition) is 0. The Bertz CT molecular complexity index is 826. The molecule has 0 spiro atoms. The molecule has 1 saturated heterocycles. The Kier molecular flexibility index (Phi) is 5.56. The van der Waals surface area contributed by atoms with Crippen LogP contribution in [0.1, 0.15) is 24.0 Å². The third-order valence-corrected chi connectivity index (χ3v) is 5.00. The monoisotopic (exact) mass is 358 g/mol. The minimum absolute atomic E-state index is 0.0365. The lowest BCUT2D eigenvalue weighted by atomic mass is 9.92. The number of pyridine rings is 1. The number of aromatic nitrogens is 3. The molecule has 0 saturated carbocycles. The van der Waals surface area contributed by atoms with E-state index in [1.165, 1.54) is 4.57 Å². The molecule has 1 aliphatic heterocycles. The largest absolute Gasteiger partial charge is 0.381 e. The fourth-order valence-corrected chi connectivity index (χ4v) is 3.55. The molecule has 7 nitrogen and oxygen atoms in total. The summed E-state index contributed by atoms with van der Waals surface area (Å²) < 4.78 is 8.90. The number of aryl methyl sites for hydroxylation is 2. The highest BCUT2D eigenvalue weighted by Crippen LogP contribution is 2.32. The zero-order valence-corrected chi connectivity index (χ0v) is 15.6. The van der Waals surface area contributed by atoms with E-state index >= 15 is 0 Å². The quantitative estimate of drug-likeness (QED) is 0.777. The van der Waals surface area contributed by atoms with Crippen LogP contribution in [0.25, 0.3) is 0 Å². The second-order valence-electron chi connectivity index (χ2n) is 6.90. The first kappa shape index (κ1) is 18.4. The molecule has 26 heavy (non-hydrogen) atoms. The summed E-state index contributed by atoms with van der Waals surface area (Å²) in [6.45, 7) is 6.34. The maximum atomic E-state index is 12.8. The molecule has 0 radical (unpaired) electrons. The second kappa shape index (κ2) is 7.86. The van der Waals surface area contributed by atoms with Crippen LogP contribution in [0.15, 0.2) is 35.5 Å². The molecule has 1 aliphatic rings. The number of hydrogen-bond acceptors (Lipinski definition) is 4. The van der Waals surface area contributed by atoms with E-state index in [9.17, 15) is 9.59 Å². The van der Waals surface area contributed by atoms with Gasteiger partial charge >= 0.3 is 0 Å². The lowest BCUT2D eigenvalue weighted by Crippen LogP contribution is -2.35. The van der Waals surface area contributed by atoms with Crippen molar-refractivity contribution < 1.29 is 9.53 Å². The third kappa shape index (κ3) is 3.88. The smallest absolute Gasteiger partial charge is 0.253 e. The highest BCUT2D eigenvalue weighted by atomic mass is 16.5. The van der Waals surface area contributed by atoms with Gasteiger partial charge in [-0.3, -0.25) is 14.3 Å². The molecule has 2 aromatic heterocycles. The van der Waals surface area contributed by atoms with Crippen molar-refractivity contribution in [3.05, 3.63) is 52.2 Å². The molecule has 3 heterocycles. The predicted octanol–water partition coefficient (Wildman–Crippen LogP) is 1.17. The van der Waals surface area contributed by atoms with Crippen molar-refractivity contribution in [3.63, 3.8) is 0 Å². The average Bonchev–Trinajstić information content (AvgIpc) is 3.23. The van der Waals surface area contributed by atoms with Crippen molar-refractivity contribution in [1.82, 2.24) is 19.2 Å². The van der Waals surface area contributed by atoms with Gasteiger partial charge < -0.3 is 14.2 Å². The summed E-state index contributed by atoms with van der Waals surface area (Å²) >= 11 is 0. The molecule has 0 aromatic carbocycles. The van der Waals surface area contributed by atoms with Gasteiger partial charge in [-0.25, -0.2) is 0 Å². The second-order valence-corrected chi connectivity index (χ2v) is 6.90. The van der Waals surface area contributed by atoms with E-state index in [0.717, 1.165) is 5.56 Å². The summed E-state index contributed by atoms with van der Waals surface area (Å²) in [7, 11) is 1.89. The van der Waals surface area contributed by atoms with Crippen LogP contribution in [0.5, 0.6) is 0 Å². The van der Waals surface area contributed by atoms with Gasteiger partial charge in [0.15, 0.2) is 0 Å². The van der Waals surface area contributed by atoms with Crippen LogP contribution in [0.2, 0.25) is 0 Å². The molecule has 1 amide bonds. The lowest BCUT2D eigenvalue weighted by Gasteiger charge is -2.17. The van der Waals surface area contributed by atoms with Crippen molar-refractivity contribution >= 4 is 5.91 Å². The molecule has 2 aromatic rings. The summed E-state index contributed by atoms with van der Waals surface area (Å²) in [5.74, 6) is 0.399. The Hall–Kier alpha value is -2.41. The standard InChI is InChI=1S/C19H26N4O3/c1-4-26-13-16-10-23(11-17(16)15-8-20-21(3)9-15)18(24)12-22-7-5-6-14(2)19(22)25/h5-9,16-17H,4,10-13H2,1-3H3/t16-,17-/m0/s1. The van der Waals surface area contributed by atoms with E-state index < -0.39 is 0 Å². The van der Waals surface area contributed by atoms with Gasteiger partial charge in [0.25, 0.3) is 5.56 Å². The molecule has 0 aliphatic carbocycles. The number of carbonyl (C=O) groups excluding carboxylic acids is 1.